The zero-order valence-electron chi connectivity index (χ0n) is 13.0. The lowest BCUT2D eigenvalue weighted by molar-refractivity contribution is 0.112. The zero-order valence-corrected chi connectivity index (χ0v) is 13.0. The molecule has 1 rings (SSSR count). The lowest BCUT2D eigenvalue weighted by Gasteiger charge is -2.39. The van der Waals surface area contributed by atoms with Crippen molar-refractivity contribution in [1.29, 1.82) is 0 Å². The standard InChI is InChI=1S/C16H31B/c1-11(2)8-16(7)10-14(17)12(3)13(16)9-15(4,5)6/h11-14H,8-10H2,1-7H3. The molecule has 0 aliphatic heterocycles. The molecule has 1 aliphatic rings. The van der Waals surface area contributed by atoms with Crippen molar-refractivity contribution in [2.45, 2.75) is 73.5 Å². The van der Waals surface area contributed by atoms with Crippen molar-refractivity contribution >= 4 is 7.85 Å². The second kappa shape index (κ2) is 4.98. The van der Waals surface area contributed by atoms with Gasteiger partial charge in [-0.3, -0.25) is 0 Å². The average Bonchev–Trinajstić information content (AvgIpc) is 2.26. The molecule has 0 amide bonds. The summed E-state index contributed by atoms with van der Waals surface area (Å²) < 4.78 is 0. The molecule has 17 heavy (non-hydrogen) atoms. The van der Waals surface area contributed by atoms with E-state index >= 15 is 0 Å². The van der Waals surface area contributed by atoms with Gasteiger partial charge in [0.15, 0.2) is 0 Å². The molecule has 1 heteroatoms. The molecule has 0 aromatic carbocycles. The van der Waals surface area contributed by atoms with Crippen LogP contribution in [0.2, 0.25) is 5.82 Å². The van der Waals surface area contributed by atoms with E-state index in [0.29, 0.717) is 22.6 Å². The molecule has 0 saturated heterocycles. The van der Waals surface area contributed by atoms with E-state index in [-0.39, 0.29) is 0 Å². The maximum absolute atomic E-state index is 6.34. The van der Waals surface area contributed by atoms with E-state index in [0.717, 1.165) is 11.8 Å². The summed E-state index contributed by atoms with van der Waals surface area (Å²) in [6.07, 6.45) is 3.85. The van der Waals surface area contributed by atoms with Crippen LogP contribution < -0.4 is 0 Å². The summed E-state index contributed by atoms with van der Waals surface area (Å²) in [7, 11) is 6.34. The first kappa shape index (κ1) is 15.1. The van der Waals surface area contributed by atoms with Crippen LogP contribution in [0.1, 0.15) is 67.7 Å². The van der Waals surface area contributed by atoms with E-state index in [2.05, 4.69) is 48.5 Å². The molecular formula is C16H31B. The third kappa shape index (κ3) is 3.76. The highest BCUT2D eigenvalue weighted by Crippen LogP contribution is 2.57. The Morgan fingerprint density at radius 1 is 1.29 bits per heavy atom. The van der Waals surface area contributed by atoms with Gasteiger partial charge in [0.1, 0.15) is 0 Å². The van der Waals surface area contributed by atoms with Crippen molar-refractivity contribution in [2.75, 3.05) is 0 Å². The first-order valence-electron chi connectivity index (χ1n) is 7.31. The van der Waals surface area contributed by atoms with Crippen LogP contribution in [-0.4, -0.2) is 7.85 Å². The topological polar surface area (TPSA) is 0 Å². The Kier molecular flexibility index (Phi) is 4.43. The zero-order chi connectivity index (χ0) is 13.4. The van der Waals surface area contributed by atoms with Gasteiger partial charge in [0.2, 0.25) is 0 Å². The first-order valence-corrected chi connectivity index (χ1v) is 7.31. The normalized spacial score (nSPS) is 38.9. The van der Waals surface area contributed by atoms with Gasteiger partial charge in [-0.25, -0.2) is 0 Å². The molecule has 0 nitrogen and oxygen atoms in total. The lowest BCUT2D eigenvalue weighted by Crippen LogP contribution is -2.30. The molecule has 1 fully saturated rings. The van der Waals surface area contributed by atoms with Gasteiger partial charge in [0.25, 0.3) is 0 Å². The third-order valence-electron chi connectivity index (χ3n) is 4.61. The Labute approximate surface area is 110 Å². The van der Waals surface area contributed by atoms with Gasteiger partial charge >= 0.3 is 0 Å². The minimum Gasteiger partial charge on any atom is -0.0741 e. The number of hydrogen-bond acceptors (Lipinski definition) is 0. The fraction of sp³-hybridized carbons (Fsp3) is 1.00. The Hall–Kier alpha value is 0.0649. The number of rotatable bonds is 3. The quantitative estimate of drug-likeness (QED) is 0.597. The van der Waals surface area contributed by atoms with Crippen molar-refractivity contribution in [3.05, 3.63) is 0 Å². The highest BCUT2D eigenvalue weighted by Gasteiger charge is 2.47. The summed E-state index contributed by atoms with van der Waals surface area (Å²) in [5.41, 5.74) is 0.876. The third-order valence-corrected chi connectivity index (χ3v) is 4.61. The summed E-state index contributed by atoms with van der Waals surface area (Å²) in [5.74, 6) is 2.66. The SMILES string of the molecule is [B]C1CC(C)(CC(C)C)C(CC(C)(C)C)C1C. The largest absolute Gasteiger partial charge is 0.0741 e. The predicted molar refractivity (Wildman–Crippen MR) is 78.4 cm³/mol. The van der Waals surface area contributed by atoms with Crippen LogP contribution in [0.15, 0.2) is 0 Å². The Balaban J connectivity index is 2.87. The van der Waals surface area contributed by atoms with Crippen LogP contribution in [0, 0.1) is 28.6 Å². The van der Waals surface area contributed by atoms with E-state index in [1.165, 1.54) is 19.3 Å². The van der Waals surface area contributed by atoms with Crippen LogP contribution >= 0.6 is 0 Å². The predicted octanol–water partition coefficient (Wildman–Crippen LogP) is 5.09. The maximum Gasteiger partial charge on any atom is 0.0703 e. The molecule has 4 atom stereocenters. The maximum atomic E-state index is 6.34. The highest BCUT2D eigenvalue weighted by molar-refractivity contribution is 6.12. The van der Waals surface area contributed by atoms with Crippen molar-refractivity contribution < 1.29 is 0 Å². The van der Waals surface area contributed by atoms with E-state index < -0.39 is 0 Å². The monoisotopic (exact) mass is 234 g/mol. The smallest absolute Gasteiger partial charge is 0.0703 e. The molecular weight excluding hydrogens is 203 g/mol. The van der Waals surface area contributed by atoms with Crippen molar-refractivity contribution in [2.24, 2.45) is 28.6 Å². The highest BCUT2D eigenvalue weighted by atomic mass is 14.5. The molecule has 0 bridgehead atoms. The van der Waals surface area contributed by atoms with Gasteiger partial charge < -0.3 is 0 Å². The second-order valence-corrected chi connectivity index (χ2v) is 8.35. The van der Waals surface area contributed by atoms with E-state index in [1.807, 2.05) is 0 Å². The minimum absolute atomic E-state index is 0.408. The molecule has 1 saturated carbocycles. The summed E-state index contributed by atoms with van der Waals surface area (Å²) in [5, 5.41) is 0. The average molecular weight is 234 g/mol. The Bertz CT molecular complexity index is 247. The van der Waals surface area contributed by atoms with Crippen LogP contribution in [0.5, 0.6) is 0 Å². The molecule has 1 aliphatic carbocycles. The summed E-state index contributed by atoms with van der Waals surface area (Å²) in [4.78, 5) is 0. The van der Waals surface area contributed by atoms with E-state index in [4.69, 9.17) is 7.85 Å². The summed E-state index contributed by atoms with van der Waals surface area (Å²) in [6.45, 7) is 16.6. The molecule has 0 N–H and O–H groups in total. The molecule has 4 unspecified atom stereocenters. The van der Waals surface area contributed by atoms with Gasteiger partial charge in [-0.15, -0.1) is 0 Å². The molecule has 0 heterocycles. The molecule has 2 radical (unpaired) electrons. The van der Waals surface area contributed by atoms with Crippen LogP contribution in [0.4, 0.5) is 0 Å². The van der Waals surface area contributed by atoms with Crippen molar-refractivity contribution in [3.8, 4) is 0 Å². The van der Waals surface area contributed by atoms with Crippen molar-refractivity contribution in [3.63, 3.8) is 0 Å². The summed E-state index contributed by atoms with van der Waals surface area (Å²) >= 11 is 0. The van der Waals surface area contributed by atoms with E-state index in [9.17, 15) is 0 Å². The van der Waals surface area contributed by atoms with E-state index in [1.54, 1.807) is 0 Å². The fourth-order valence-corrected chi connectivity index (χ4v) is 4.07. The minimum atomic E-state index is 0.408. The fourth-order valence-electron chi connectivity index (χ4n) is 4.07. The van der Waals surface area contributed by atoms with Gasteiger partial charge in [0.05, 0.1) is 7.85 Å². The van der Waals surface area contributed by atoms with Crippen molar-refractivity contribution in [1.82, 2.24) is 0 Å². The van der Waals surface area contributed by atoms with Gasteiger partial charge in [-0.2, -0.15) is 0 Å². The first-order chi connectivity index (χ1) is 7.55. The van der Waals surface area contributed by atoms with Gasteiger partial charge in [0, 0.05) is 0 Å². The summed E-state index contributed by atoms with van der Waals surface area (Å²) in [6, 6.07) is 0. The van der Waals surface area contributed by atoms with Gasteiger partial charge in [-0.05, 0) is 41.4 Å². The van der Waals surface area contributed by atoms with Crippen LogP contribution in [0.25, 0.3) is 0 Å². The molecule has 0 spiro atoms. The molecule has 0 aromatic rings. The lowest BCUT2D eigenvalue weighted by atomic mass is 9.67. The Morgan fingerprint density at radius 2 is 1.82 bits per heavy atom. The number of hydrogen-bond donors (Lipinski definition) is 0. The second-order valence-electron chi connectivity index (χ2n) is 8.35. The van der Waals surface area contributed by atoms with Crippen LogP contribution in [-0.2, 0) is 0 Å². The molecule has 98 valence electrons. The Morgan fingerprint density at radius 3 is 2.24 bits per heavy atom. The molecule has 0 aromatic heterocycles. The van der Waals surface area contributed by atoms with Crippen LogP contribution in [0.3, 0.4) is 0 Å². The van der Waals surface area contributed by atoms with Gasteiger partial charge in [-0.1, -0.05) is 60.7 Å².